The first-order chi connectivity index (χ1) is 26.7. The van der Waals surface area contributed by atoms with Crippen LogP contribution in [0.3, 0.4) is 0 Å². The Balaban J connectivity index is 1.10. The molecule has 0 saturated heterocycles. The van der Waals surface area contributed by atoms with Crippen molar-refractivity contribution in [1.82, 2.24) is 9.13 Å². The second-order valence-corrected chi connectivity index (χ2v) is 16.1. The van der Waals surface area contributed by atoms with Crippen molar-refractivity contribution in [3.8, 4) is 22.5 Å². The maximum absolute atomic E-state index is 4.87. The molecule has 0 saturated carbocycles. The molecule has 2 unspecified atom stereocenters. The van der Waals surface area contributed by atoms with Crippen LogP contribution in [0.2, 0.25) is 0 Å². The van der Waals surface area contributed by atoms with Gasteiger partial charge in [-0.3, -0.25) is 4.99 Å². The number of para-hydroxylation sites is 2. The molecule has 0 N–H and O–H groups in total. The summed E-state index contributed by atoms with van der Waals surface area (Å²) in [5, 5.41) is 6.56. The minimum Gasteiger partial charge on any atom is -0.312 e. The summed E-state index contributed by atoms with van der Waals surface area (Å²) in [6.07, 6.45) is 3.14. The van der Waals surface area contributed by atoms with E-state index in [4.69, 9.17) is 4.99 Å². The van der Waals surface area contributed by atoms with E-state index >= 15 is 0 Å². The highest BCUT2D eigenvalue weighted by atomic mass is 32.1. The summed E-state index contributed by atoms with van der Waals surface area (Å²) in [4.78, 5) is 4.87. The number of nitrogens with zero attached hydrogens (tertiary/aromatic N) is 3. The van der Waals surface area contributed by atoms with Crippen LogP contribution in [-0.2, 0) is 6.42 Å². The van der Waals surface area contributed by atoms with E-state index < -0.39 is 0 Å². The SMILES string of the molecule is CC1CN=Cc2c1n(-c1ccc(C3Cc4ccccc4-c4ccccc43)cc1)c1c2ccc2sc3c(ccc4c3c3ccccc3n4-c3ccccc3)c21. The lowest BCUT2D eigenvalue weighted by molar-refractivity contribution is 0.720. The van der Waals surface area contributed by atoms with E-state index in [1.807, 2.05) is 11.3 Å². The number of aliphatic imine (C=N–C) groups is 1. The van der Waals surface area contributed by atoms with Crippen molar-refractivity contribution in [2.45, 2.75) is 25.2 Å². The quantitative estimate of drug-likeness (QED) is 0.174. The first kappa shape index (κ1) is 30.3. The van der Waals surface area contributed by atoms with Crippen LogP contribution in [-0.4, -0.2) is 21.9 Å². The summed E-state index contributed by atoms with van der Waals surface area (Å²) in [6, 6.07) is 56.5. The van der Waals surface area contributed by atoms with Crippen molar-refractivity contribution in [3.05, 3.63) is 180 Å². The Kier molecular flexibility index (Phi) is 6.38. The van der Waals surface area contributed by atoms with Crippen molar-refractivity contribution >= 4 is 70.4 Å². The van der Waals surface area contributed by atoms with Crippen molar-refractivity contribution in [2.75, 3.05) is 6.54 Å². The van der Waals surface area contributed by atoms with Gasteiger partial charge in [0.2, 0.25) is 0 Å². The summed E-state index contributed by atoms with van der Waals surface area (Å²) in [7, 11) is 0. The molecule has 0 radical (unpaired) electrons. The van der Waals surface area contributed by atoms with Gasteiger partial charge >= 0.3 is 0 Å². The molecule has 12 rings (SSSR count). The van der Waals surface area contributed by atoms with Gasteiger partial charge in [-0.25, -0.2) is 0 Å². The average molecular weight is 710 g/mol. The van der Waals surface area contributed by atoms with Gasteiger partial charge in [0.15, 0.2) is 0 Å². The van der Waals surface area contributed by atoms with E-state index in [1.165, 1.54) is 103 Å². The molecular weight excluding hydrogens is 675 g/mol. The normalized spacial score (nSPS) is 16.4. The molecule has 0 amide bonds. The van der Waals surface area contributed by atoms with E-state index in [1.54, 1.807) is 0 Å². The number of thiophene rings is 1. The van der Waals surface area contributed by atoms with Crippen molar-refractivity contribution in [3.63, 3.8) is 0 Å². The Morgan fingerprint density at radius 3 is 2.22 bits per heavy atom. The van der Waals surface area contributed by atoms with Crippen LogP contribution in [0.25, 0.3) is 75.4 Å². The van der Waals surface area contributed by atoms with Crippen LogP contribution < -0.4 is 0 Å². The third-order valence-electron chi connectivity index (χ3n) is 12.1. The highest BCUT2D eigenvalue weighted by molar-refractivity contribution is 7.27. The van der Waals surface area contributed by atoms with E-state index in [9.17, 15) is 0 Å². The molecule has 1 aliphatic carbocycles. The minimum atomic E-state index is 0.300. The zero-order valence-electron chi connectivity index (χ0n) is 29.8. The lowest BCUT2D eigenvalue weighted by Crippen LogP contribution is -2.13. The molecule has 3 aromatic heterocycles. The van der Waals surface area contributed by atoms with E-state index in [2.05, 4.69) is 174 Å². The molecule has 2 atom stereocenters. The predicted molar refractivity (Wildman–Crippen MR) is 229 cm³/mol. The number of hydrogen-bond donors (Lipinski definition) is 0. The standard InChI is InChI=1S/C50H35N3S/c1-30-28-51-29-42-38-24-26-45-47(40-23-25-44-46(50(40)54-45)39-17-9-10-18-43(39)52(44)33-12-3-2-4-13-33)49(38)53(48(30)42)34-21-19-31(20-22-34)41-27-32-11-5-6-14-35(32)36-15-7-8-16-37(36)41/h2-26,29-30,41H,27-28H2,1H3. The first-order valence-corrected chi connectivity index (χ1v) is 19.8. The van der Waals surface area contributed by atoms with Crippen LogP contribution in [0.4, 0.5) is 0 Å². The van der Waals surface area contributed by atoms with Crippen molar-refractivity contribution in [2.24, 2.45) is 4.99 Å². The zero-order valence-corrected chi connectivity index (χ0v) is 30.6. The summed E-state index contributed by atoms with van der Waals surface area (Å²) in [6.45, 7) is 3.13. The Labute approximate surface area is 317 Å². The van der Waals surface area contributed by atoms with Crippen molar-refractivity contribution < 1.29 is 0 Å². The summed E-state index contributed by atoms with van der Waals surface area (Å²) >= 11 is 1.93. The molecule has 0 spiro atoms. The fraction of sp³-hybridized carbons (Fsp3) is 0.100. The molecule has 3 nitrogen and oxygen atoms in total. The first-order valence-electron chi connectivity index (χ1n) is 19.0. The Hall–Kier alpha value is -6.23. The minimum absolute atomic E-state index is 0.300. The molecule has 54 heavy (non-hydrogen) atoms. The Bertz CT molecular complexity index is 3170. The van der Waals surface area contributed by atoms with Gasteiger partial charge in [0.05, 0.1) is 16.6 Å². The zero-order chi connectivity index (χ0) is 35.5. The molecule has 4 heterocycles. The monoisotopic (exact) mass is 709 g/mol. The lowest BCUT2D eigenvalue weighted by Gasteiger charge is -2.28. The number of rotatable bonds is 3. The average Bonchev–Trinajstić information content (AvgIpc) is 3.89. The molecule has 0 bridgehead atoms. The third-order valence-corrected chi connectivity index (χ3v) is 13.3. The summed E-state index contributed by atoms with van der Waals surface area (Å²) in [5.74, 6) is 0.619. The third kappa shape index (κ3) is 4.14. The molecule has 256 valence electrons. The van der Waals surface area contributed by atoms with Crippen molar-refractivity contribution in [1.29, 1.82) is 0 Å². The second kappa shape index (κ2) is 11.4. The molecule has 1 aliphatic heterocycles. The van der Waals surface area contributed by atoms with Gasteiger partial charge in [-0.05, 0) is 76.7 Å². The number of fused-ring (bicyclic) bond motifs is 14. The van der Waals surface area contributed by atoms with Gasteiger partial charge < -0.3 is 9.13 Å². The van der Waals surface area contributed by atoms with Crippen LogP contribution in [0.15, 0.2) is 157 Å². The fourth-order valence-corrected chi connectivity index (χ4v) is 11.1. The summed E-state index contributed by atoms with van der Waals surface area (Å²) < 4.78 is 7.67. The topological polar surface area (TPSA) is 22.2 Å². The predicted octanol–water partition coefficient (Wildman–Crippen LogP) is 13.0. The van der Waals surface area contributed by atoms with E-state index in [-0.39, 0.29) is 0 Å². The lowest BCUT2D eigenvalue weighted by atomic mass is 9.76. The molecule has 7 aromatic carbocycles. The smallest absolute Gasteiger partial charge is 0.0631 e. The maximum Gasteiger partial charge on any atom is 0.0631 e. The van der Waals surface area contributed by atoms with Crippen LogP contribution in [0.5, 0.6) is 0 Å². The fourth-order valence-electron chi connectivity index (χ4n) is 9.81. The van der Waals surface area contributed by atoms with E-state index in [0.717, 1.165) is 13.0 Å². The molecule has 4 heteroatoms. The van der Waals surface area contributed by atoms with Crippen LogP contribution >= 0.6 is 11.3 Å². The van der Waals surface area contributed by atoms with Gasteiger partial charge in [-0.1, -0.05) is 116 Å². The number of benzene rings is 7. The highest BCUT2D eigenvalue weighted by Gasteiger charge is 2.29. The van der Waals surface area contributed by atoms with Crippen LogP contribution in [0, 0.1) is 0 Å². The van der Waals surface area contributed by atoms with Crippen LogP contribution in [0.1, 0.15) is 46.7 Å². The van der Waals surface area contributed by atoms with Gasteiger partial charge in [-0.15, -0.1) is 11.3 Å². The Morgan fingerprint density at radius 2 is 1.33 bits per heavy atom. The molecular formula is C50H35N3S. The van der Waals surface area contributed by atoms with Gasteiger partial charge in [0.1, 0.15) is 0 Å². The largest absolute Gasteiger partial charge is 0.312 e. The van der Waals surface area contributed by atoms with Gasteiger partial charge in [0, 0.05) is 83.6 Å². The highest BCUT2D eigenvalue weighted by Crippen LogP contribution is 2.48. The molecule has 10 aromatic rings. The number of hydrogen-bond acceptors (Lipinski definition) is 2. The Morgan fingerprint density at radius 1 is 0.593 bits per heavy atom. The second-order valence-electron chi connectivity index (χ2n) is 15.1. The van der Waals surface area contributed by atoms with E-state index in [0.29, 0.717) is 11.8 Å². The molecule has 2 aliphatic rings. The maximum atomic E-state index is 4.87. The van der Waals surface area contributed by atoms with Gasteiger partial charge in [-0.2, -0.15) is 0 Å². The van der Waals surface area contributed by atoms with Gasteiger partial charge in [0.25, 0.3) is 0 Å². The molecule has 0 fully saturated rings. The number of aromatic nitrogens is 2. The summed E-state index contributed by atoms with van der Waals surface area (Å²) in [5.41, 5.74) is 15.7.